The number of aliphatic hydroxyl groups excluding tert-OH is 1. The maximum absolute atomic E-state index is 14.3. The molecule has 2 atom stereocenters. The molecule has 0 spiro atoms. The lowest BCUT2D eigenvalue weighted by atomic mass is 9.81. The summed E-state index contributed by atoms with van der Waals surface area (Å²) < 4.78 is 28.1. The maximum Gasteiger partial charge on any atom is 0.148 e. The molecule has 7 heteroatoms. The van der Waals surface area contributed by atoms with E-state index in [1.807, 2.05) is 30.3 Å². The van der Waals surface area contributed by atoms with Gasteiger partial charge in [0.25, 0.3) is 0 Å². The number of anilines is 1. The van der Waals surface area contributed by atoms with E-state index in [1.165, 1.54) is 25.3 Å². The second-order valence-electron chi connectivity index (χ2n) is 7.40. The summed E-state index contributed by atoms with van der Waals surface area (Å²) in [5, 5.41) is 20.8. The fraction of sp³-hybridized carbons (Fsp3) is 0.318. The summed E-state index contributed by atoms with van der Waals surface area (Å²) in [5.74, 6) is 0.0452. The number of aliphatic hydroxyl groups is 1. The van der Waals surface area contributed by atoms with Crippen LogP contribution in [-0.4, -0.2) is 33.0 Å². The van der Waals surface area contributed by atoms with Crippen LogP contribution in [0.1, 0.15) is 31.5 Å². The van der Waals surface area contributed by atoms with Gasteiger partial charge in [0.05, 0.1) is 24.2 Å². The summed E-state index contributed by atoms with van der Waals surface area (Å²) in [4.78, 5) is 4.15. The molecule has 2 heterocycles. The first-order valence-electron chi connectivity index (χ1n) is 9.44. The van der Waals surface area contributed by atoms with E-state index in [2.05, 4.69) is 20.5 Å². The van der Waals surface area contributed by atoms with Crippen molar-refractivity contribution in [2.24, 2.45) is 0 Å². The maximum atomic E-state index is 14.3. The van der Waals surface area contributed by atoms with Crippen LogP contribution < -0.4 is 5.32 Å². The molecule has 152 valence electrons. The van der Waals surface area contributed by atoms with E-state index in [4.69, 9.17) is 0 Å². The summed E-state index contributed by atoms with van der Waals surface area (Å²) in [6, 6.07) is 13.8. The summed E-state index contributed by atoms with van der Waals surface area (Å²) in [5.41, 5.74) is 1.68. The van der Waals surface area contributed by atoms with E-state index < -0.39 is 17.4 Å². The lowest BCUT2D eigenvalue weighted by Crippen LogP contribution is -2.35. The number of hydrogen-bond donors (Lipinski definition) is 2. The Morgan fingerprint density at radius 3 is 2.62 bits per heavy atom. The third kappa shape index (κ3) is 5.12. The van der Waals surface area contributed by atoms with E-state index in [0.29, 0.717) is 11.5 Å². The van der Waals surface area contributed by atoms with Crippen molar-refractivity contribution in [3.8, 4) is 11.3 Å². The van der Waals surface area contributed by atoms with Gasteiger partial charge in [-0.15, -0.1) is 10.2 Å². The SMILES string of the molecule is C[C@H](F)C[C@@](C)(CNc1ccc(-c2cccc(CO)c2)nn1)c1ncccc1F. The van der Waals surface area contributed by atoms with Crippen LogP contribution in [0.3, 0.4) is 0 Å². The molecule has 0 radical (unpaired) electrons. The van der Waals surface area contributed by atoms with Crippen molar-refractivity contribution in [2.75, 3.05) is 11.9 Å². The van der Waals surface area contributed by atoms with Gasteiger partial charge in [-0.3, -0.25) is 4.98 Å². The molecule has 5 nitrogen and oxygen atoms in total. The third-order valence-electron chi connectivity index (χ3n) is 4.79. The monoisotopic (exact) mass is 398 g/mol. The van der Waals surface area contributed by atoms with Crippen molar-refractivity contribution >= 4 is 5.82 Å². The van der Waals surface area contributed by atoms with Gasteiger partial charge in [-0.2, -0.15) is 0 Å². The summed E-state index contributed by atoms with van der Waals surface area (Å²) in [6.45, 7) is 3.44. The van der Waals surface area contributed by atoms with Crippen molar-refractivity contribution in [3.05, 3.63) is 71.8 Å². The Hall–Kier alpha value is -2.93. The van der Waals surface area contributed by atoms with Crippen LogP contribution in [0.2, 0.25) is 0 Å². The van der Waals surface area contributed by atoms with Gasteiger partial charge in [0.2, 0.25) is 0 Å². The Morgan fingerprint density at radius 2 is 1.97 bits per heavy atom. The number of benzene rings is 1. The first-order valence-corrected chi connectivity index (χ1v) is 9.44. The Kier molecular flexibility index (Phi) is 6.49. The molecule has 2 aromatic heterocycles. The second kappa shape index (κ2) is 9.05. The van der Waals surface area contributed by atoms with Crippen molar-refractivity contribution in [1.29, 1.82) is 0 Å². The lowest BCUT2D eigenvalue weighted by Gasteiger charge is -2.30. The number of hydrogen-bond acceptors (Lipinski definition) is 5. The molecule has 2 N–H and O–H groups in total. The molecule has 0 aliphatic carbocycles. The highest BCUT2D eigenvalue weighted by Crippen LogP contribution is 2.31. The number of aromatic nitrogens is 3. The zero-order valence-corrected chi connectivity index (χ0v) is 16.4. The normalized spacial score (nSPS) is 14.2. The average molecular weight is 398 g/mol. The van der Waals surface area contributed by atoms with E-state index in [-0.39, 0.29) is 25.3 Å². The minimum absolute atomic E-state index is 0.0451. The Labute approximate surface area is 168 Å². The number of nitrogens with zero attached hydrogens (tertiary/aromatic N) is 3. The van der Waals surface area contributed by atoms with Gasteiger partial charge in [0.1, 0.15) is 11.6 Å². The molecule has 0 aliphatic heterocycles. The van der Waals surface area contributed by atoms with E-state index in [9.17, 15) is 13.9 Å². The molecule has 0 bridgehead atoms. The van der Waals surface area contributed by atoms with Crippen molar-refractivity contribution < 1.29 is 13.9 Å². The minimum Gasteiger partial charge on any atom is -0.392 e. The predicted octanol–water partition coefficient (Wildman–Crippen LogP) is 4.29. The van der Waals surface area contributed by atoms with Gasteiger partial charge in [-0.1, -0.05) is 25.1 Å². The Bertz CT molecular complexity index is 950. The summed E-state index contributed by atoms with van der Waals surface area (Å²) >= 11 is 0. The number of pyridine rings is 1. The van der Waals surface area contributed by atoms with Gasteiger partial charge in [-0.25, -0.2) is 8.78 Å². The smallest absolute Gasteiger partial charge is 0.148 e. The molecule has 3 rings (SSSR count). The van der Waals surface area contributed by atoms with Crippen LogP contribution in [-0.2, 0) is 12.0 Å². The number of rotatable bonds is 8. The van der Waals surface area contributed by atoms with E-state index in [0.717, 1.165) is 11.1 Å². The lowest BCUT2D eigenvalue weighted by molar-refractivity contribution is 0.267. The van der Waals surface area contributed by atoms with Gasteiger partial charge in [0, 0.05) is 23.7 Å². The highest BCUT2D eigenvalue weighted by Gasteiger charge is 2.33. The second-order valence-corrected chi connectivity index (χ2v) is 7.40. The van der Waals surface area contributed by atoms with E-state index >= 15 is 0 Å². The molecule has 0 saturated heterocycles. The van der Waals surface area contributed by atoms with Crippen LogP contribution in [0.4, 0.5) is 14.6 Å². The number of nitrogens with one attached hydrogen (secondary N) is 1. The Balaban J connectivity index is 1.77. The van der Waals surface area contributed by atoms with Crippen LogP contribution in [0, 0.1) is 5.82 Å². The van der Waals surface area contributed by atoms with Crippen LogP contribution in [0.5, 0.6) is 0 Å². The van der Waals surface area contributed by atoms with Crippen molar-refractivity contribution in [3.63, 3.8) is 0 Å². The van der Waals surface area contributed by atoms with E-state index in [1.54, 1.807) is 13.0 Å². The molecule has 0 saturated carbocycles. The molecular formula is C22H24F2N4O. The predicted molar refractivity (Wildman–Crippen MR) is 109 cm³/mol. The molecule has 1 aromatic carbocycles. The fourth-order valence-electron chi connectivity index (χ4n) is 3.40. The van der Waals surface area contributed by atoms with Gasteiger partial charge in [0.15, 0.2) is 0 Å². The number of alkyl halides is 1. The molecule has 0 unspecified atom stereocenters. The van der Waals surface area contributed by atoms with Gasteiger partial charge in [-0.05, 0) is 49.2 Å². The van der Waals surface area contributed by atoms with Crippen LogP contribution in [0.15, 0.2) is 54.7 Å². The largest absolute Gasteiger partial charge is 0.392 e. The standard InChI is InChI=1S/C22H24F2N4O/c1-15(23)12-22(2,21-18(24)7-4-10-25-21)14-26-20-9-8-19(27-28-20)17-6-3-5-16(11-17)13-29/h3-11,15,29H,12-14H2,1-2H3,(H,26,28)/t15-,22-/m0/s1. The topological polar surface area (TPSA) is 70.9 Å². The molecule has 0 fully saturated rings. The highest BCUT2D eigenvalue weighted by molar-refractivity contribution is 5.60. The van der Waals surface area contributed by atoms with Crippen molar-refractivity contribution in [2.45, 2.75) is 38.5 Å². The highest BCUT2D eigenvalue weighted by atomic mass is 19.1. The Morgan fingerprint density at radius 1 is 1.14 bits per heavy atom. The third-order valence-corrected chi connectivity index (χ3v) is 4.79. The molecule has 29 heavy (non-hydrogen) atoms. The number of halogens is 2. The molecule has 0 aliphatic rings. The van der Waals surface area contributed by atoms with Crippen LogP contribution >= 0.6 is 0 Å². The van der Waals surface area contributed by atoms with Crippen molar-refractivity contribution in [1.82, 2.24) is 15.2 Å². The van der Waals surface area contributed by atoms with Gasteiger partial charge >= 0.3 is 0 Å². The molecule has 3 aromatic rings. The summed E-state index contributed by atoms with van der Waals surface area (Å²) in [6.07, 6.45) is 0.512. The summed E-state index contributed by atoms with van der Waals surface area (Å²) in [7, 11) is 0. The van der Waals surface area contributed by atoms with Crippen LogP contribution in [0.25, 0.3) is 11.3 Å². The average Bonchev–Trinajstić information content (AvgIpc) is 2.72. The fourth-order valence-corrected chi connectivity index (χ4v) is 3.40. The van der Waals surface area contributed by atoms with Gasteiger partial charge < -0.3 is 10.4 Å². The quantitative estimate of drug-likeness (QED) is 0.592. The molecular weight excluding hydrogens is 374 g/mol. The zero-order valence-electron chi connectivity index (χ0n) is 16.4. The minimum atomic E-state index is -1.12. The first kappa shape index (κ1) is 20.8. The first-order chi connectivity index (χ1) is 13.9. The molecule has 0 amide bonds. The zero-order chi connectivity index (χ0) is 20.9.